The lowest BCUT2D eigenvalue weighted by Gasteiger charge is -2.27. The Kier molecular flexibility index (Phi) is 9.58. The Balaban J connectivity index is 1.77. The van der Waals surface area contributed by atoms with Crippen molar-refractivity contribution in [2.75, 3.05) is 12.8 Å². The van der Waals surface area contributed by atoms with Gasteiger partial charge in [-0.25, -0.2) is 0 Å². The van der Waals surface area contributed by atoms with Crippen molar-refractivity contribution >= 4 is 23.2 Å². The molecule has 3 aromatic rings. The first-order chi connectivity index (χ1) is 14.9. The number of halogens is 1. The van der Waals surface area contributed by atoms with Gasteiger partial charge in [0.1, 0.15) is 23.2 Å². The van der Waals surface area contributed by atoms with E-state index in [0.717, 1.165) is 12.8 Å². The molecular formula is C28H35FP+. The molecule has 0 aliphatic heterocycles. The summed E-state index contributed by atoms with van der Waals surface area (Å²) in [5, 5.41) is 4.44. The number of alkyl halides is 1. The van der Waals surface area contributed by atoms with Crippen LogP contribution in [0.2, 0.25) is 0 Å². The summed E-state index contributed by atoms with van der Waals surface area (Å²) in [6, 6.07) is 33.5. The van der Waals surface area contributed by atoms with Gasteiger partial charge in [-0.3, -0.25) is 4.39 Å². The third-order valence-corrected chi connectivity index (χ3v) is 10.5. The predicted molar refractivity (Wildman–Crippen MR) is 133 cm³/mol. The van der Waals surface area contributed by atoms with Crippen molar-refractivity contribution in [2.24, 2.45) is 0 Å². The topological polar surface area (TPSA) is 0 Å². The molecule has 0 unspecified atom stereocenters. The highest BCUT2D eigenvalue weighted by molar-refractivity contribution is 7.95. The molecule has 0 heterocycles. The van der Waals surface area contributed by atoms with E-state index in [0.29, 0.717) is 0 Å². The molecule has 0 saturated heterocycles. The van der Waals surface area contributed by atoms with Crippen molar-refractivity contribution in [1.29, 1.82) is 0 Å². The SMILES string of the molecule is [18F]CCCCCCCCCC[P+](c1ccccc1)(c1ccccc1)c1ccccc1. The Morgan fingerprint density at radius 2 is 0.767 bits per heavy atom. The Hall–Kier alpha value is -1.98. The van der Waals surface area contributed by atoms with E-state index in [1.54, 1.807) is 0 Å². The molecule has 158 valence electrons. The average Bonchev–Trinajstić information content (AvgIpc) is 2.82. The van der Waals surface area contributed by atoms with E-state index < -0.39 is 7.26 Å². The van der Waals surface area contributed by atoms with Gasteiger partial charge >= 0.3 is 0 Å². The maximum Gasteiger partial charge on any atom is 0.112 e. The molecule has 30 heavy (non-hydrogen) atoms. The highest BCUT2D eigenvalue weighted by atomic mass is 31.2. The molecule has 0 bridgehead atoms. The summed E-state index contributed by atoms with van der Waals surface area (Å²) < 4.78 is 12.2. The maximum absolute atomic E-state index is 12.2. The van der Waals surface area contributed by atoms with E-state index in [2.05, 4.69) is 91.0 Å². The summed E-state index contributed by atoms with van der Waals surface area (Å²) in [6.07, 6.45) is 10.5. The van der Waals surface area contributed by atoms with Crippen LogP contribution in [0.5, 0.6) is 0 Å². The van der Waals surface area contributed by atoms with Crippen molar-refractivity contribution < 1.29 is 4.39 Å². The lowest BCUT2D eigenvalue weighted by atomic mass is 10.1. The van der Waals surface area contributed by atoms with Gasteiger partial charge in [-0.05, 0) is 55.7 Å². The van der Waals surface area contributed by atoms with Crippen LogP contribution < -0.4 is 15.9 Å². The Bertz CT molecular complexity index is 720. The Labute approximate surface area is 182 Å². The van der Waals surface area contributed by atoms with Crippen molar-refractivity contribution in [2.45, 2.75) is 51.4 Å². The Morgan fingerprint density at radius 1 is 0.433 bits per heavy atom. The highest BCUT2D eigenvalue weighted by Gasteiger charge is 2.44. The van der Waals surface area contributed by atoms with Crippen LogP contribution in [0.15, 0.2) is 91.0 Å². The van der Waals surface area contributed by atoms with E-state index in [1.807, 2.05) is 0 Å². The minimum absolute atomic E-state index is 0.162. The number of benzene rings is 3. The summed E-state index contributed by atoms with van der Waals surface area (Å²) in [5.74, 6) is 0. The van der Waals surface area contributed by atoms with Crippen LogP contribution in [0, 0.1) is 0 Å². The zero-order chi connectivity index (χ0) is 20.9. The number of hydrogen-bond donors (Lipinski definition) is 0. The largest absolute Gasteiger partial charge is 0.251 e. The van der Waals surface area contributed by atoms with E-state index >= 15 is 0 Å². The van der Waals surface area contributed by atoms with Gasteiger partial charge in [0, 0.05) is 0 Å². The Morgan fingerprint density at radius 3 is 1.13 bits per heavy atom. The zero-order valence-corrected chi connectivity index (χ0v) is 19.0. The van der Waals surface area contributed by atoms with Gasteiger partial charge in [0.05, 0.1) is 12.8 Å². The van der Waals surface area contributed by atoms with Gasteiger partial charge in [0.2, 0.25) is 0 Å². The summed E-state index contributed by atoms with van der Waals surface area (Å²) in [4.78, 5) is 0. The maximum atomic E-state index is 12.2. The van der Waals surface area contributed by atoms with Gasteiger partial charge in [0.25, 0.3) is 0 Å². The molecule has 0 amide bonds. The van der Waals surface area contributed by atoms with E-state index in [9.17, 15) is 4.39 Å². The zero-order valence-electron chi connectivity index (χ0n) is 18.1. The number of unbranched alkanes of at least 4 members (excludes halogenated alkanes) is 7. The minimum Gasteiger partial charge on any atom is -0.251 e. The first kappa shape index (κ1) is 22.7. The number of hydrogen-bond acceptors (Lipinski definition) is 0. The van der Waals surface area contributed by atoms with Crippen LogP contribution >= 0.6 is 7.26 Å². The molecule has 0 atom stereocenters. The summed E-state index contributed by atoms with van der Waals surface area (Å²) >= 11 is 0. The van der Waals surface area contributed by atoms with Crippen LogP contribution in [-0.4, -0.2) is 12.8 Å². The molecule has 0 saturated carbocycles. The second kappa shape index (κ2) is 12.7. The van der Waals surface area contributed by atoms with Gasteiger partial charge < -0.3 is 0 Å². The third-order valence-electron chi connectivity index (χ3n) is 5.97. The monoisotopic (exact) mass is 420 g/mol. The predicted octanol–water partition coefficient (Wildman–Crippen LogP) is 7.07. The molecule has 3 aromatic carbocycles. The van der Waals surface area contributed by atoms with Crippen LogP contribution in [-0.2, 0) is 0 Å². The summed E-state index contributed by atoms with van der Waals surface area (Å²) in [6.45, 7) is -0.162. The molecular weight excluding hydrogens is 385 g/mol. The lowest BCUT2D eigenvalue weighted by Crippen LogP contribution is -2.33. The third kappa shape index (κ3) is 6.02. The summed E-state index contributed by atoms with van der Waals surface area (Å²) in [5.41, 5.74) is 0. The molecule has 0 N–H and O–H groups in total. The van der Waals surface area contributed by atoms with Crippen molar-refractivity contribution in [3.05, 3.63) is 91.0 Å². The average molecular weight is 421 g/mol. The van der Waals surface area contributed by atoms with Gasteiger partial charge in [-0.1, -0.05) is 86.7 Å². The van der Waals surface area contributed by atoms with Crippen molar-refractivity contribution in [3.8, 4) is 0 Å². The standard InChI is InChI=1S/C28H35FP/c29-24-16-5-3-1-2-4-6-17-25-30(26-18-10-7-11-19-26,27-20-12-8-13-21-27)28-22-14-9-15-23-28/h7-15,18-23H,1-6,16-17,24-25H2/q+1/i29-1. The van der Waals surface area contributed by atoms with Crippen LogP contribution in [0.1, 0.15) is 51.4 Å². The summed E-state index contributed by atoms with van der Waals surface area (Å²) in [7, 11) is -1.67. The van der Waals surface area contributed by atoms with Crippen molar-refractivity contribution in [3.63, 3.8) is 0 Å². The second-order valence-electron chi connectivity index (χ2n) is 8.06. The molecule has 0 spiro atoms. The van der Waals surface area contributed by atoms with E-state index in [4.69, 9.17) is 0 Å². The molecule has 0 aliphatic rings. The molecule has 0 nitrogen and oxygen atoms in total. The molecule has 0 fully saturated rings. The number of rotatable bonds is 13. The normalized spacial score (nSPS) is 11.5. The first-order valence-corrected chi connectivity index (χ1v) is 13.5. The van der Waals surface area contributed by atoms with E-state index in [-0.39, 0.29) is 6.67 Å². The fourth-order valence-electron chi connectivity index (χ4n) is 4.39. The molecule has 3 rings (SSSR count). The lowest BCUT2D eigenvalue weighted by molar-refractivity contribution is 0.449. The smallest absolute Gasteiger partial charge is 0.112 e. The second-order valence-corrected chi connectivity index (χ2v) is 11.7. The van der Waals surface area contributed by atoms with Gasteiger partial charge in [0.15, 0.2) is 0 Å². The van der Waals surface area contributed by atoms with Gasteiger partial charge in [-0.2, -0.15) is 0 Å². The fourth-order valence-corrected chi connectivity index (χ4v) is 8.80. The molecule has 0 radical (unpaired) electrons. The van der Waals surface area contributed by atoms with Crippen LogP contribution in [0.3, 0.4) is 0 Å². The van der Waals surface area contributed by atoms with E-state index in [1.165, 1.54) is 60.6 Å². The fraction of sp³-hybridized carbons (Fsp3) is 0.357. The minimum atomic E-state index is -1.67. The molecule has 0 aromatic heterocycles. The van der Waals surface area contributed by atoms with Crippen molar-refractivity contribution in [1.82, 2.24) is 0 Å². The van der Waals surface area contributed by atoms with Crippen LogP contribution in [0.25, 0.3) is 0 Å². The van der Waals surface area contributed by atoms with Crippen LogP contribution in [0.4, 0.5) is 4.39 Å². The molecule has 2 heteroatoms. The van der Waals surface area contributed by atoms with Gasteiger partial charge in [-0.15, -0.1) is 0 Å². The highest BCUT2D eigenvalue weighted by Crippen LogP contribution is 2.55. The first-order valence-electron chi connectivity index (χ1n) is 11.5. The molecule has 0 aliphatic carbocycles. The quantitative estimate of drug-likeness (QED) is 0.205.